The molecule has 8 nitrogen and oxygen atoms in total. The fraction of sp³-hybridized carbons (Fsp3) is 0.0417. The Morgan fingerprint density at radius 2 is 1.69 bits per heavy atom. The number of rotatable bonds is 5. The van der Waals surface area contributed by atoms with Crippen molar-refractivity contribution in [1.29, 1.82) is 0 Å². The molecule has 0 bridgehead atoms. The predicted molar refractivity (Wildman–Crippen MR) is 132 cm³/mol. The fourth-order valence-electron chi connectivity index (χ4n) is 3.36. The van der Waals surface area contributed by atoms with E-state index in [4.69, 9.17) is 27.9 Å². The van der Waals surface area contributed by atoms with Gasteiger partial charge >= 0.3 is 11.8 Å². The van der Waals surface area contributed by atoms with Crippen LogP contribution in [0.4, 0.5) is 15.8 Å². The largest absolute Gasteiger partial charge is 0.494 e. The molecular weight excluding hydrogens is 498 g/mol. The molecule has 0 aliphatic rings. The summed E-state index contributed by atoms with van der Waals surface area (Å²) in [5, 5.41) is 6.13. The van der Waals surface area contributed by atoms with E-state index < -0.39 is 23.5 Å². The van der Waals surface area contributed by atoms with Crippen molar-refractivity contribution in [3.05, 3.63) is 88.3 Å². The highest BCUT2D eigenvalue weighted by atomic mass is 35.5. The number of aromatic nitrogens is 1. The van der Waals surface area contributed by atoms with E-state index in [0.29, 0.717) is 27.4 Å². The van der Waals surface area contributed by atoms with E-state index >= 15 is 0 Å². The molecule has 4 rings (SSSR count). The Bertz CT molecular complexity index is 1470. The van der Waals surface area contributed by atoms with Gasteiger partial charge in [-0.3, -0.25) is 19.8 Å². The first-order chi connectivity index (χ1) is 16.8. The Labute approximate surface area is 208 Å². The van der Waals surface area contributed by atoms with Crippen molar-refractivity contribution >= 4 is 63.2 Å². The quantitative estimate of drug-likeness (QED) is 0.324. The summed E-state index contributed by atoms with van der Waals surface area (Å²) in [5.41, 5.74) is 3.13. The van der Waals surface area contributed by atoms with E-state index in [1.807, 2.05) is 0 Å². The number of nitrogens with one attached hydrogen (secondary N) is 3. The highest BCUT2D eigenvalue weighted by Gasteiger charge is 2.23. The topological polar surface area (TPSA) is 101 Å². The second-order valence-electron chi connectivity index (χ2n) is 7.25. The van der Waals surface area contributed by atoms with E-state index in [-0.39, 0.29) is 16.4 Å². The minimum atomic E-state index is -1.10. The van der Waals surface area contributed by atoms with Crippen molar-refractivity contribution < 1.29 is 23.5 Å². The number of carbonyl (C=O) groups is 3. The van der Waals surface area contributed by atoms with E-state index in [1.165, 1.54) is 43.5 Å². The molecule has 178 valence electrons. The Morgan fingerprint density at radius 3 is 2.40 bits per heavy atom. The van der Waals surface area contributed by atoms with Crippen molar-refractivity contribution in [1.82, 2.24) is 4.68 Å². The van der Waals surface area contributed by atoms with Gasteiger partial charge in [-0.25, -0.2) is 9.07 Å². The predicted octanol–water partition coefficient (Wildman–Crippen LogP) is 5.06. The minimum absolute atomic E-state index is 0.0116. The van der Waals surface area contributed by atoms with Gasteiger partial charge in [0.25, 0.3) is 5.91 Å². The summed E-state index contributed by atoms with van der Waals surface area (Å²) in [4.78, 5) is 38.4. The van der Waals surface area contributed by atoms with Gasteiger partial charge in [-0.05, 0) is 48.5 Å². The lowest BCUT2D eigenvalue weighted by molar-refractivity contribution is -0.133. The summed E-state index contributed by atoms with van der Waals surface area (Å²) in [6, 6.07) is 16.2. The maximum absolute atomic E-state index is 13.4. The number of carbonyl (C=O) groups excluding carboxylic acids is 3. The zero-order chi connectivity index (χ0) is 25.1. The smallest absolute Gasteiger partial charge is 0.328 e. The number of para-hydroxylation sites is 1. The molecule has 0 radical (unpaired) electrons. The minimum Gasteiger partial charge on any atom is -0.494 e. The second kappa shape index (κ2) is 10.0. The zero-order valence-corrected chi connectivity index (χ0v) is 19.6. The van der Waals surface area contributed by atoms with Gasteiger partial charge in [0.2, 0.25) is 0 Å². The summed E-state index contributed by atoms with van der Waals surface area (Å²) < 4.78 is 19.9. The molecule has 0 unspecified atom stereocenters. The van der Waals surface area contributed by atoms with Crippen LogP contribution in [0.1, 0.15) is 10.5 Å². The molecule has 4 aromatic rings. The molecule has 0 saturated heterocycles. The summed E-state index contributed by atoms with van der Waals surface area (Å²) >= 11 is 12.1. The molecule has 0 aliphatic carbocycles. The molecular formula is C24H17Cl2FN4O4. The monoisotopic (exact) mass is 514 g/mol. The average Bonchev–Trinajstić information content (AvgIpc) is 3.19. The highest BCUT2D eigenvalue weighted by Crippen LogP contribution is 2.30. The van der Waals surface area contributed by atoms with Gasteiger partial charge in [0.1, 0.15) is 22.8 Å². The van der Waals surface area contributed by atoms with E-state index in [1.54, 1.807) is 24.3 Å². The van der Waals surface area contributed by atoms with Crippen molar-refractivity contribution in [2.45, 2.75) is 0 Å². The van der Waals surface area contributed by atoms with Gasteiger partial charge in [0, 0.05) is 16.1 Å². The molecule has 3 amide bonds. The molecule has 3 N–H and O–H groups in total. The van der Waals surface area contributed by atoms with Gasteiger partial charge in [-0.1, -0.05) is 41.4 Å². The van der Waals surface area contributed by atoms with Gasteiger partial charge in [0.15, 0.2) is 0 Å². The van der Waals surface area contributed by atoms with Gasteiger partial charge in [-0.2, -0.15) is 0 Å². The molecule has 0 aliphatic heterocycles. The van der Waals surface area contributed by atoms with Crippen LogP contribution < -0.4 is 20.8 Å². The van der Waals surface area contributed by atoms with Crippen molar-refractivity contribution in [3.8, 4) is 5.75 Å². The Kier molecular flexibility index (Phi) is 6.90. The summed E-state index contributed by atoms with van der Waals surface area (Å²) in [5.74, 6) is -3.03. The van der Waals surface area contributed by atoms with Crippen molar-refractivity contribution in [2.75, 3.05) is 23.2 Å². The molecule has 11 heteroatoms. The third-order valence-corrected chi connectivity index (χ3v) is 5.47. The summed E-state index contributed by atoms with van der Waals surface area (Å²) in [7, 11) is 1.43. The number of benzene rings is 3. The molecule has 0 saturated carbocycles. The highest BCUT2D eigenvalue weighted by molar-refractivity contribution is 6.42. The fourth-order valence-corrected chi connectivity index (χ4v) is 3.81. The van der Waals surface area contributed by atoms with E-state index in [0.717, 1.165) is 10.7 Å². The third-order valence-electron chi connectivity index (χ3n) is 4.92. The van der Waals surface area contributed by atoms with Gasteiger partial charge < -0.3 is 15.4 Å². The SMILES string of the molecule is COc1cccc2cc(C(=O)Nc3ccc(Cl)cc3Cl)n(NC(=O)C(=O)Nc3cccc(F)c3)c12. The van der Waals surface area contributed by atoms with Crippen LogP contribution in [0.15, 0.2) is 66.7 Å². The van der Waals surface area contributed by atoms with E-state index in [9.17, 15) is 18.8 Å². The number of halogens is 3. The van der Waals surface area contributed by atoms with Crippen LogP contribution >= 0.6 is 23.2 Å². The third kappa shape index (κ3) is 5.21. The molecule has 3 aromatic carbocycles. The number of anilines is 2. The lowest BCUT2D eigenvalue weighted by atomic mass is 10.2. The van der Waals surface area contributed by atoms with Crippen LogP contribution in [0, 0.1) is 5.82 Å². The molecule has 35 heavy (non-hydrogen) atoms. The zero-order valence-electron chi connectivity index (χ0n) is 18.1. The second-order valence-corrected chi connectivity index (χ2v) is 8.09. The standard InChI is InChI=1S/C24H17Cl2FN4O4/c1-35-20-7-2-4-13-10-19(22(32)29-18-9-8-14(25)11-17(18)26)31(21(13)20)30-24(34)23(33)28-16-6-3-5-15(27)12-16/h2-12H,1H3,(H,28,33)(H,29,32)(H,30,34). The Balaban J connectivity index is 1.68. The lowest BCUT2D eigenvalue weighted by Gasteiger charge is -2.14. The normalized spacial score (nSPS) is 10.6. The molecule has 0 atom stereocenters. The van der Waals surface area contributed by atoms with Crippen molar-refractivity contribution in [3.63, 3.8) is 0 Å². The first-order valence-corrected chi connectivity index (χ1v) is 10.8. The van der Waals surface area contributed by atoms with Crippen LogP contribution in [-0.4, -0.2) is 29.5 Å². The van der Waals surface area contributed by atoms with Crippen LogP contribution in [0.5, 0.6) is 5.75 Å². The molecule has 0 spiro atoms. The molecule has 0 fully saturated rings. The lowest BCUT2D eigenvalue weighted by Crippen LogP contribution is -2.36. The Morgan fingerprint density at radius 1 is 0.914 bits per heavy atom. The summed E-state index contributed by atoms with van der Waals surface area (Å²) in [6.45, 7) is 0. The summed E-state index contributed by atoms with van der Waals surface area (Å²) in [6.07, 6.45) is 0. The van der Waals surface area contributed by atoms with Gasteiger partial charge in [0.05, 0.1) is 17.8 Å². The van der Waals surface area contributed by atoms with E-state index in [2.05, 4.69) is 16.1 Å². The van der Waals surface area contributed by atoms with Crippen LogP contribution in [0.2, 0.25) is 10.0 Å². The molecule has 1 aromatic heterocycles. The number of nitrogens with zero attached hydrogens (tertiary/aromatic N) is 1. The van der Waals surface area contributed by atoms with Crippen LogP contribution in [0.3, 0.4) is 0 Å². The van der Waals surface area contributed by atoms with Crippen LogP contribution in [0.25, 0.3) is 10.9 Å². The maximum Gasteiger partial charge on any atom is 0.328 e. The number of ether oxygens (including phenoxy) is 1. The molecule has 1 heterocycles. The number of hydrogen-bond donors (Lipinski definition) is 3. The first kappa shape index (κ1) is 24.1. The maximum atomic E-state index is 13.4. The van der Waals surface area contributed by atoms with Gasteiger partial charge in [-0.15, -0.1) is 0 Å². The number of amides is 3. The van der Waals surface area contributed by atoms with Crippen molar-refractivity contribution in [2.24, 2.45) is 0 Å². The number of hydrogen-bond acceptors (Lipinski definition) is 4. The Hall–Kier alpha value is -4.08. The number of methoxy groups -OCH3 is 1. The first-order valence-electron chi connectivity index (χ1n) is 10.1. The number of fused-ring (bicyclic) bond motifs is 1. The van der Waals surface area contributed by atoms with Crippen LogP contribution in [-0.2, 0) is 9.59 Å². The average molecular weight is 515 g/mol.